The minimum atomic E-state index is -0.431. The summed E-state index contributed by atoms with van der Waals surface area (Å²) < 4.78 is 7.10. The molecule has 0 radical (unpaired) electrons. The van der Waals surface area contributed by atoms with Crippen LogP contribution in [0.4, 0.5) is 0 Å². The SMILES string of the molecule is CCn1ncc(OC)c1C(O)C1CCCC1. The molecule has 1 unspecified atom stereocenters. The van der Waals surface area contributed by atoms with E-state index in [0.717, 1.165) is 25.1 Å². The van der Waals surface area contributed by atoms with Crippen LogP contribution >= 0.6 is 0 Å². The maximum Gasteiger partial charge on any atom is 0.162 e. The molecule has 1 aliphatic carbocycles. The van der Waals surface area contributed by atoms with Crippen molar-refractivity contribution in [1.82, 2.24) is 9.78 Å². The second kappa shape index (κ2) is 4.87. The molecule has 1 aliphatic rings. The van der Waals surface area contributed by atoms with Gasteiger partial charge >= 0.3 is 0 Å². The van der Waals surface area contributed by atoms with Gasteiger partial charge < -0.3 is 9.84 Å². The fourth-order valence-corrected chi connectivity index (χ4v) is 2.58. The molecule has 0 saturated heterocycles. The maximum absolute atomic E-state index is 10.4. The lowest BCUT2D eigenvalue weighted by Gasteiger charge is -2.19. The summed E-state index contributed by atoms with van der Waals surface area (Å²) in [5.74, 6) is 1.08. The van der Waals surface area contributed by atoms with Crippen molar-refractivity contribution in [3.05, 3.63) is 11.9 Å². The smallest absolute Gasteiger partial charge is 0.162 e. The summed E-state index contributed by atoms with van der Waals surface area (Å²) in [6, 6.07) is 0. The van der Waals surface area contributed by atoms with Crippen molar-refractivity contribution in [3.8, 4) is 5.75 Å². The molecule has 4 nitrogen and oxygen atoms in total. The van der Waals surface area contributed by atoms with Crippen LogP contribution in [0.5, 0.6) is 5.75 Å². The number of nitrogens with zero attached hydrogens (tertiary/aromatic N) is 2. The molecule has 1 fully saturated rings. The van der Waals surface area contributed by atoms with E-state index in [1.165, 1.54) is 12.8 Å². The second-order valence-electron chi connectivity index (χ2n) is 4.40. The molecule has 1 heterocycles. The fourth-order valence-electron chi connectivity index (χ4n) is 2.58. The van der Waals surface area contributed by atoms with Crippen LogP contribution in [0.3, 0.4) is 0 Å². The Morgan fingerprint density at radius 3 is 2.81 bits per heavy atom. The van der Waals surface area contributed by atoms with Gasteiger partial charge in [0.2, 0.25) is 0 Å². The van der Waals surface area contributed by atoms with Gasteiger partial charge in [-0.2, -0.15) is 5.10 Å². The molecule has 2 rings (SSSR count). The number of hydrogen-bond acceptors (Lipinski definition) is 3. The molecular weight excluding hydrogens is 204 g/mol. The number of aliphatic hydroxyl groups is 1. The van der Waals surface area contributed by atoms with Gasteiger partial charge in [0.15, 0.2) is 5.75 Å². The van der Waals surface area contributed by atoms with Gasteiger partial charge in [-0.05, 0) is 25.7 Å². The molecule has 0 aromatic carbocycles. The van der Waals surface area contributed by atoms with E-state index in [1.54, 1.807) is 13.3 Å². The van der Waals surface area contributed by atoms with Gasteiger partial charge in [0.05, 0.1) is 13.3 Å². The Bertz CT molecular complexity index is 321. The Hall–Kier alpha value is -1.03. The van der Waals surface area contributed by atoms with E-state index in [1.807, 2.05) is 11.6 Å². The Balaban J connectivity index is 2.25. The van der Waals surface area contributed by atoms with Gasteiger partial charge in [0, 0.05) is 6.54 Å². The molecule has 4 heteroatoms. The number of rotatable bonds is 4. The summed E-state index contributed by atoms with van der Waals surface area (Å²) in [4.78, 5) is 0. The zero-order chi connectivity index (χ0) is 11.5. The molecular formula is C12H20N2O2. The molecule has 0 aliphatic heterocycles. The predicted octanol–water partition coefficient (Wildman–Crippen LogP) is 2.14. The molecule has 1 saturated carbocycles. The van der Waals surface area contributed by atoms with Gasteiger partial charge in [-0.1, -0.05) is 12.8 Å². The Labute approximate surface area is 96.2 Å². The largest absolute Gasteiger partial charge is 0.493 e. The summed E-state index contributed by atoms with van der Waals surface area (Å²) in [6.45, 7) is 2.79. The summed E-state index contributed by atoms with van der Waals surface area (Å²) in [5.41, 5.74) is 0.844. The number of aliphatic hydroxyl groups excluding tert-OH is 1. The van der Waals surface area contributed by atoms with Crippen LogP contribution in [0.2, 0.25) is 0 Å². The highest BCUT2D eigenvalue weighted by molar-refractivity contribution is 5.27. The van der Waals surface area contributed by atoms with Gasteiger partial charge in [-0.15, -0.1) is 0 Å². The van der Waals surface area contributed by atoms with Crippen LogP contribution in [0.25, 0.3) is 0 Å². The van der Waals surface area contributed by atoms with Gasteiger partial charge in [0.25, 0.3) is 0 Å². The first kappa shape index (κ1) is 11.5. The first-order valence-corrected chi connectivity index (χ1v) is 6.05. The molecule has 0 bridgehead atoms. The molecule has 0 spiro atoms. The summed E-state index contributed by atoms with van der Waals surface area (Å²) in [7, 11) is 1.63. The normalized spacial score (nSPS) is 18.9. The third-order valence-electron chi connectivity index (χ3n) is 3.49. The van der Waals surface area contributed by atoms with E-state index in [4.69, 9.17) is 4.74 Å². The average Bonchev–Trinajstić information content (AvgIpc) is 2.96. The third kappa shape index (κ3) is 1.94. The topological polar surface area (TPSA) is 47.3 Å². The minimum Gasteiger partial charge on any atom is -0.493 e. The summed E-state index contributed by atoms with van der Waals surface area (Å²) in [5, 5.41) is 14.6. The van der Waals surface area contributed by atoms with Gasteiger partial charge in [-0.3, -0.25) is 4.68 Å². The van der Waals surface area contributed by atoms with Crippen LogP contribution in [0, 0.1) is 5.92 Å². The molecule has 1 aromatic heterocycles. The molecule has 90 valence electrons. The first-order valence-electron chi connectivity index (χ1n) is 6.05. The third-order valence-corrected chi connectivity index (χ3v) is 3.49. The molecule has 16 heavy (non-hydrogen) atoms. The number of hydrogen-bond donors (Lipinski definition) is 1. The molecule has 1 atom stereocenters. The Morgan fingerprint density at radius 1 is 1.56 bits per heavy atom. The van der Waals surface area contributed by atoms with Crippen LogP contribution in [0.15, 0.2) is 6.20 Å². The van der Waals surface area contributed by atoms with Crippen molar-refractivity contribution in [3.63, 3.8) is 0 Å². The van der Waals surface area contributed by atoms with Crippen molar-refractivity contribution in [2.75, 3.05) is 7.11 Å². The van der Waals surface area contributed by atoms with Gasteiger partial charge in [0.1, 0.15) is 11.8 Å². The van der Waals surface area contributed by atoms with E-state index in [2.05, 4.69) is 5.10 Å². The summed E-state index contributed by atoms with van der Waals surface area (Å²) in [6.07, 6.45) is 5.93. The second-order valence-corrected chi connectivity index (χ2v) is 4.40. The number of aromatic nitrogens is 2. The quantitative estimate of drug-likeness (QED) is 0.852. The highest BCUT2D eigenvalue weighted by Gasteiger charge is 2.29. The molecule has 1 N–H and O–H groups in total. The van der Waals surface area contributed by atoms with Crippen molar-refractivity contribution in [1.29, 1.82) is 0 Å². The zero-order valence-corrected chi connectivity index (χ0v) is 10.0. The Kier molecular flexibility index (Phi) is 3.49. The van der Waals surface area contributed by atoms with Crippen molar-refractivity contribution in [2.45, 2.75) is 45.3 Å². The predicted molar refractivity (Wildman–Crippen MR) is 61.4 cm³/mol. The standard InChI is InChI=1S/C12H20N2O2/c1-3-14-11(10(16-2)8-13-14)12(15)9-6-4-5-7-9/h8-9,12,15H,3-7H2,1-2H3. The van der Waals surface area contributed by atoms with E-state index < -0.39 is 6.10 Å². The van der Waals surface area contributed by atoms with Crippen LogP contribution in [0.1, 0.15) is 44.4 Å². The number of methoxy groups -OCH3 is 1. The lowest BCUT2D eigenvalue weighted by atomic mass is 9.98. The highest BCUT2D eigenvalue weighted by Crippen LogP contribution is 2.38. The maximum atomic E-state index is 10.4. The van der Waals surface area contributed by atoms with E-state index in [0.29, 0.717) is 11.7 Å². The van der Waals surface area contributed by atoms with Crippen molar-refractivity contribution in [2.24, 2.45) is 5.92 Å². The first-order chi connectivity index (χ1) is 7.77. The number of aryl methyl sites for hydroxylation is 1. The van der Waals surface area contributed by atoms with Crippen LogP contribution in [-0.2, 0) is 6.54 Å². The van der Waals surface area contributed by atoms with E-state index in [-0.39, 0.29) is 0 Å². The van der Waals surface area contributed by atoms with Crippen molar-refractivity contribution < 1.29 is 9.84 Å². The number of ether oxygens (including phenoxy) is 1. The Morgan fingerprint density at radius 2 is 2.25 bits per heavy atom. The monoisotopic (exact) mass is 224 g/mol. The highest BCUT2D eigenvalue weighted by atomic mass is 16.5. The van der Waals surface area contributed by atoms with Crippen LogP contribution in [-0.4, -0.2) is 22.0 Å². The van der Waals surface area contributed by atoms with Crippen molar-refractivity contribution >= 4 is 0 Å². The molecule has 0 amide bonds. The van der Waals surface area contributed by atoms with Crippen LogP contribution < -0.4 is 4.74 Å². The van der Waals surface area contributed by atoms with E-state index in [9.17, 15) is 5.11 Å². The zero-order valence-electron chi connectivity index (χ0n) is 10.0. The fraction of sp³-hybridized carbons (Fsp3) is 0.750. The lowest BCUT2D eigenvalue weighted by Crippen LogP contribution is -2.15. The minimum absolute atomic E-state index is 0.371. The average molecular weight is 224 g/mol. The summed E-state index contributed by atoms with van der Waals surface area (Å²) >= 11 is 0. The van der Waals surface area contributed by atoms with E-state index >= 15 is 0 Å². The molecule has 1 aromatic rings. The lowest BCUT2D eigenvalue weighted by molar-refractivity contribution is 0.0992. The van der Waals surface area contributed by atoms with Gasteiger partial charge in [-0.25, -0.2) is 0 Å².